The zero-order valence-electron chi connectivity index (χ0n) is 14.1. The first-order valence-corrected chi connectivity index (χ1v) is 9.05. The number of ether oxygens (including phenoxy) is 1. The number of nitrogens with one attached hydrogen (secondary N) is 1. The number of rotatable bonds is 7. The standard InChI is InChI=1S/C19H15IN4O3/c20-16-7-3-15(4-8-16)13-27-17-9-5-14(6-10-17)12-22-23-19-18(24(25)26)2-1-11-21-19/h1-12H,13H2,(H,21,23)/b22-12-. The van der Waals surface area contributed by atoms with E-state index in [0.29, 0.717) is 6.61 Å². The Kier molecular flexibility index (Phi) is 6.31. The molecule has 27 heavy (non-hydrogen) atoms. The van der Waals surface area contributed by atoms with Gasteiger partial charge in [-0.15, -0.1) is 0 Å². The third-order valence-electron chi connectivity index (χ3n) is 3.57. The van der Waals surface area contributed by atoms with Gasteiger partial charge < -0.3 is 4.74 Å². The van der Waals surface area contributed by atoms with Gasteiger partial charge in [-0.05, 0) is 76.2 Å². The molecule has 0 unspecified atom stereocenters. The maximum atomic E-state index is 10.9. The Bertz CT molecular complexity index is 944. The molecule has 0 aliphatic rings. The van der Waals surface area contributed by atoms with Crippen LogP contribution in [0.2, 0.25) is 0 Å². The maximum absolute atomic E-state index is 10.9. The van der Waals surface area contributed by atoms with E-state index >= 15 is 0 Å². The summed E-state index contributed by atoms with van der Waals surface area (Å²) in [6, 6.07) is 18.4. The van der Waals surface area contributed by atoms with Crippen LogP contribution in [0.1, 0.15) is 11.1 Å². The monoisotopic (exact) mass is 474 g/mol. The van der Waals surface area contributed by atoms with Gasteiger partial charge in [-0.3, -0.25) is 15.5 Å². The summed E-state index contributed by atoms with van der Waals surface area (Å²) in [5.41, 5.74) is 4.38. The fourth-order valence-electron chi connectivity index (χ4n) is 2.20. The van der Waals surface area contributed by atoms with Crippen molar-refractivity contribution in [1.29, 1.82) is 0 Å². The molecule has 2 aromatic carbocycles. The molecule has 0 atom stereocenters. The Morgan fingerprint density at radius 2 is 1.89 bits per heavy atom. The normalized spacial score (nSPS) is 10.7. The summed E-state index contributed by atoms with van der Waals surface area (Å²) in [5, 5.41) is 14.9. The highest BCUT2D eigenvalue weighted by molar-refractivity contribution is 14.1. The predicted octanol–water partition coefficient (Wildman–Crippen LogP) is 4.62. The first-order chi connectivity index (χ1) is 13.1. The van der Waals surface area contributed by atoms with E-state index in [-0.39, 0.29) is 11.5 Å². The van der Waals surface area contributed by atoms with Crippen molar-refractivity contribution < 1.29 is 9.66 Å². The smallest absolute Gasteiger partial charge is 0.313 e. The van der Waals surface area contributed by atoms with Crippen LogP contribution in [0.4, 0.5) is 11.5 Å². The van der Waals surface area contributed by atoms with Crippen LogP contribution in [0.3, 0.4) is 0 Å². The molecular formula is C19H15IN4O3. The number of hydrogen-bond acceptors (Lipinski definition) is 6. The summed E-state index contributed by atoms with van der Waals surface area (Å²) in [6.07, 6.45) is 3.02. The molecule has 1 heterocycles. The minimum absolute atomic E-state index is 0.0937. The molecule has 8 heteroatoms. The molecule has 3 aromatic rings. The minimum Gasteiger partial charge on any atom is -0.489 e. The number of hydrogen-bond donors (Lipinski definition) is 1. The Morgan fingerprint density at radius 1 is 1.15 bits per heavy atom. The fraction of sp³-hybridized carbons (Fsp3) is 0.0526. The van der Waals surface area contributed by atoms with Gasteiger partial charge in [-0.25, -0.2) is 4.98 Å². The van der Waals surface area contributed by atoms with Crippen LogP contribution in [-0.2, 0) is 6.61 Å². The molecule has 0 saturated heterocycles. The van der Waals surface area contributed by atoms with Gasteiger partial charge in [0, 0.05) is 15.8 Å². The summed E-state index contributed by atoms with van der Waals surface area (Å²) in [5.74, 6) is 0.843. The molecule has 0 fully saturated rings. The molecular weight excluding hydrogens is 459 g/mol. The first kappa shape index (κ1) is 18.8. The van der Waals surface area contributed by atoms with Gasteiger partial charge in [-0.1, -0.05) is 12.1 Å². The molecule has 136 valence electrons. The molecule has 3 rings (SSSR count). The van der Waals surface area contributed by atoms with Crippen molar-refractivity contribution in [2.24, 2.45) is 5.10 Å². The van der Waals surface area contributed by atoms with Crippen molar-refractivity contribution in [2.45, 2.75) is 6.61 Å². The minimum atomic E-state index is -0.509. The summed E-state index contributed by atoms with van der Waals surface area (Å²) in [6.45, 7) is 0.495. The van der Waals surface area contributed by atoms with Crippen molar-refractivity contribution >= 4 is 40.3 Å². The maximum Gasteiger partial charge on any atom is 0.313 e. The fourth-order valence-corrected chi connectivity index (χ4v) is 2.56. The van der Waals surface area contributed by atoms with Crippen molar-refractivity contribution in [3.05, 3.63) is 91.7 Å². The van der Waals surface area contributed by atoms with Crippen LogP contribution >= 0.6 is 22.6 Å². The van der Waals surface area contributed by atoms with Crippen LogP contribution in [0.25, 0.3) is 0 Å². The van der Waals surface area contributed by atoms with Crippen molar-refractivity contribution in [1.82, 2.24) is 4.98 Å². The van der Waals surface area contributed by atoms with Gasteiger partial charge in [0.15, 0.2) is 0 Å². The highest BCUT2D eigenvalue weighted by Crippen LogP contribution is 2.20. The number of benzene rings is 2. The second-order valence-electron chi connectivity index (χ2n) is 5.48. The molecule has 0 bridgehead atoms. The first-order valence-electron chi connectivity index (χ1n) is 7.97. The average Bonchev–Trinajstić information content (AvgIpc) is 2.69. The van der Waals surface area contributed by atoms with E-state index in [1.807, 2.05) is 48.5 Å². The summed E-state index contributed by atoms with van der Waals surface area (Å²) in [4.78, 5) is 14.3. The molecule has 7 nitrogen and oxygen atoms in total. The third-order valence-corrected chi connectivity index (χ3v) is 4.29. The lowest BCUT2D eigenvalue weighted by molar-refractivity contribution is -0.384. The number of pyridine rings is 1. The van der Waals surface area contributed by atoms with Crippen molar-refractivity contribution in [2.75, 3.05) is 5.43 Å². The Balaban J connectivity index is 1.56. The molecule has 0 amide bonds. The summed E-state index contributed by atoms with van der Waals surface area (Å²) in [7, 11) is 0. The van der Waals surface area contributed by atoms with E-state index in [1.165, 1.54) is 21.9 Å². The highest BCUT2D eigenvalue weighted by Gasteiger charge is 2.12. The van der Waals surface area contributed by atoms with Crippen LogP contribution in [0.5, 0.6) is 5.75 Å². The number of anilines is 1. The zero-order chi connectivity index (χ0) is 19.1. The van der Waals surface area contributed by atoms with Crippen LogP contribution < -0.4 is 10.2 Å². The summed E-state index contributed by atoms with van der Waals surface area (Å²) < 4.78 is 6.94. The number of aromatic nitrogens is 1. The topological polar surface area (TPSA) is 89.7 Å². The van der Waals surface area contributed by atoms with Crippen molar-refractivity contribution in [3.63, 3.8) is 0 Å². The quantitative estimate of drug-likeness (QED) is 0.234. The lowest BCUT2D eigenvalue weighted by Crippen LogP contribution is -1.99. The highest BCUT2D eigenvalue weighted by atomic mass is 127. The molecule has 0 aliphatic heterocycles. The van der Waals surface area contributed by atoms with Crippen molar-refractivity contribution in [3.8, 4) is 5.75 Å². The SMILES string of the molecule is O=[N+]([O-])c1cccnc1N/N=C\c1ccc(OCc2ccc(I)cc2)cc1. The number of halogens is 1. The molecule has 0 radical (unpaired) electrons. The van der Waals surface area contributed by atoms with E-state index in [9.17, 15) is 10.1 Å². The van der Waals surface area contributed by atoms with Crippen LogP contribution in [0, 0.1) is 13.7 Å². The molecule has 0 aliphatic carbocycles. The number of nitro groups is 1. The summed E-state index contributed by atoms with van der Waals surface area (Å²) >= 11 is 2.26. The van der Waals surface area contributed by atoms with Crippen LogP contribution in [0.15, 0.2) is 72.0 Å². The Hall–Kier alpha value is -3.01. The van der Waals surface area contributed by atoms with Gasteiger partial charge in [0.25, 0.3) is 0 Å². The number of nitrogens with zero attached hydrogens (tertiary/aromatic N) is 3. The van der Waals surface area contributed by atoms with Crippen LogP contribution in [-0.4, -0.2) is 16.1 Å². The lowest BCUT2D eigenvalue weighted by Gasteiger charge is -2.06. The van der Waals surface area contributed by atoms with Gasteiger partial charge >= 0.3 is 5.69 Å². The largest absolute Gasteiger partial charge is 0.489 e. The molecule has 1 aromatic heterocycles. The third kappa shape index (κ3) is 5.48. The van der Waals surface area contributed by atoms with Gasteiger partial charge in [0.1, 0.15) is 12.4 Å². The van der Waals surface area contributed by atoms with E-state index in [1.54, 1.807) is 6.21 Å². The second-order valence-corrected chi connectivity index (χ2v) is 6.73. The molecule has 1 N–H and O–H groups in total. The van der Waals surface area contributed by atoms with E-state index in [4.69, 9.17) is 4.74 Å². The van der Waals surface area contributed by atoms with Gasteiger partial charge in [0.05, 0.1) is 11.1 Å². The molecule has 0 saturated carbocycles. The van der Waals surface area contributed by atoms with Gasteiger partial charge in [-0.2, -0.15) is 5.10 Å². The Morgan fingerprint density at radius 3 is 2.59 bits per heavy atom. The number of hydrazone groups is 1. The second kappa shape index (κ2) is 9.08. The lowest BCUT2D eigenvalue weighted by atomic mass is 10.2. The zero-order valence-corrected chi connectivity index (χ0v) is 16.2. The van der Waals surface area contributed by atoms with E-state index < -0.39 is 4.92 Å². The van der Waals surface area contributed by atoms with E-state index in [2.05, 4.69) is 38.1 Å². The average molecular weight is 474 g/mol. The van der Waals surface area contributed by atoms with Gasteiger partial charge in [0.2, 0.25) is 5.82 Å². The molecule has 0 spiro atoms. The Labute approximate surface area is 169 Å². The predicted molar refractivity (Wildman–Crippen MR) is 112 cm³/mol. The van der Waals surface area contributed by atoms with E-state index in [0.717, 1.165) is 16.9 Å².